The van der Waals surface area contributed by atoms with Gasteiger partial charge in [-0.25, -0.2) is 0 Å². The van der Waals surface area contributed by atoms with Gasteiger partial charge in [0.15, 0.2) is 0 Å². The molecule has 0 fully saturated rings. The fraction of sp³-hybridized carbons (Fsp3) is 0.118. The number of anilines is 3. The monoisotopic (exact) mass is 279 g/mol. The lowest BCUT2D eigenvalue weighted by atomic mass is 10.1. The Morgan fingerprint density at radius 3 is 2.67 bits per heavy atom. The number of pyridine rings is 1. The van der Waals surface area contributed by atoms with Gasteiger partial charge < -0.3 is 15.8 Å². The van der Waals surface area contributed by atoms with Crippen molar-refractivity contribution in [3.05, 3.63) is 54.7 Å². The van der Waals surface area contributed by atoms with E-state index in [0.29, 0.717) is 6.61 Å². The Bertz CT molecular complexity index is 754. The van der Waals surface area contributed by atoms with Crippen LogP contribution < -0.4 is 15.8 Å². The van der Waals surface area contributed by atoms with Gasteiger partial charge in [-0.3, -0.25) is 4.98 Å². The number of nitrogens with two attached hydrogens (primary N) is 1. The third kappa shape index (κ3) is 2.89. The van der Waals surface area contributed by atoms with Crippen LogP contribution in [-0.2, 0) is 0 Å². The first kappa shape index (κ1) is 13.2. The van der Waals surface area contributed by atoms with E-state index >= 15 is 0 Å². The van der Waals surface area contributed by atoms with E-state index in [-0.39, 0.29) is 0 Å². The number of rotatable bonds is 4. The molecule has 3 aromatic rings. The molecule has 0 aliphatic heterocycles. The van der Waals surface area contributed by atoms with Gasteiger partial charge in [-0.2, -0.15) is 0 Å². The second kappa shape index (κ2) is 5.71. The lowest BCUT2D eigenvalue weighted by Gasteiger charge is -2.11. The fourth-order valence-corrected chi connectivity index (χ4v) is 2.22. The second-order valence-electron chi connectivity index (χ2n) is 4.72. The van der Waals surface area contributed by atoms with Gasteiger partial charge in [0.2, 0.25) is 0 Å². The Balaban J connectivity index is 1.96. The second-order valence-corrected chi connectivity index (χ2v) is 4.72. The summed E-state index contributed by atoms with van der Waals surface area (Å²) in [6.07, 6.45) is 1.79. The van der Waals surface area contributed by atoms with E-state index in [1.54, 1.807) is 6.20 Å². The van der Waals surface area contributed by atoms with Crippen molar-refractivity contribution in [1.29, 1.82) is 0 Å². The smallest absolute Gasteiger partial charge is 0.121 e. The topological polar surface area (TPSA) is 60.2 Å². The van der Waals surface area contributed by atoms with Gasteiger partial charge >= 0.3 is 0 Å². The van der Waals surface area contributed by atoms with Crippen LogP contribution in [0, 0.1) is 0 Å². The summed E-state index contributed by atoms with van der Waals surface area (Å²) >= 11 is 0. The van der Waals surface area contributed by atoms with Gasteiger partial charge in [0, 0.05) is 34.7 Å². The van der Waals surface area contributed by atoms with Crippen molar-refractivity contribution < 1.29 is 4.74 Å². The van der Waals surface area contributed by atoms with E-state index in [1.807, 2.05) is 55.5 Å². The fourth-order valence-electron chi connectivity index (χ4n) is 2.22. The van der Waals surface area contributed by atoms with E-state index in [4.69, 9.17) is 10.5 Å². The lowest BCUT2D eigenvalue weighted by molar-refractivity contribution is 0.340. The largest absolute Gasteiger partial charge is 0.494 e. The van der Waals surface area contributed by atoms with Gasteiger partial charge in [-0.05, 0) is 49.4 Å². The van der Waals surface area contributed by atoms with Crippen LogP contribution in [-0.4, -0.2) is 11.6 Å². The first-order chi connectivity index (χ1) is 10.3. The van der Waals surface area contributed by atoms with E-state index < -0.39 is 0 Å². The maximum Gasteiger partial charge on any atom is 0.121 e. The zero-order chi connectivity index (χ0) is 14.7. The van der Waals surface area contributed by atoms with E-state index in [2.05, 4.69) is 10.3 Å². The molecular weight excluding hydrogens is 262 g/mol. The van der Waals surface area contributed by atoms with Crippen LogP contribution >= 0.6 is 0 Å². The van der Waals surface area contributed by atoms with E-state index in [0.717, 1.165) is 33.7 Å². The maximum absolute atomic E-state index is 5.70. The van der Waals surface area contributed by atoms with E-state index in [9.17, 15) is 0 Å². The number of nitrogens with zero attached hydrogens (tertiary/aromatic N) is 1. The minimum Gasteiger partial charge on any atom is -0.494 e. The summed E-state index contributed by atoms with van der Waals surface area (Å²) in [6, 6.07) is 15.5. The number of nitrogens with one attached hydrogen (secondary N) is 1. The number of hydrogen-bond donors (Lipinski definition) is 2. The first-order valence-corrected chi connectivity index (χ1v) is 6.90. The van der Waals surface area contributed by atoms with Crippen molar-refractivity contribution in [2.24, 2.45) is 0 Å². The van der Waals surface area contributed by atoms with Crippen LogP contribution in [0.4, 0.5) is 17.1 Å². The number of hydrogen-bond acceptors (Lipinski definition) is 4. The Labute approximate surface area is 123 Å². The lowest BCUT2D eigenvalue weighted by Crippen LogP contribution is -1.95. The van der Waals surface area contributed by atoms with Gasteiger partial charge in [0.1, 0.15) is 5.75 Å². The molecule has 0 amide bonds. The molecule has 2 aromatic carbocycles. The van der Waals surface area contributed by atoms with Crippen molar-refractivity contribution in [3.8, 4) is 5.75 Å². The Hall–Kier alpha value is -2.75. The van der Waals surface area contributed by atoms with Crippen molar-refractivity contribution in [2.45, 2.75) is 6.92 Å². The van der Waals surface area contributed by atoms with Crippen LogP contribution in [0.3, 0.4) is 0 Å². The molecule has 0 aliphatic carbocycles. The molecule has 0 spiro atoms. The molecule has 0 saturated carbocycles. The molecule has 21 heavy (non-hydrogen) atoms. The van der Waals surface area contributed by atoms with Crippen LogP contribution in [0.1, 0.15) is 6.92 Å². The third-order valence-corrected chi connectivity index (χ3v) is 3.21. The highest BCUT2D eigenvalue weighted by Gasteiger charge is 2.04. The molecule has 4 nitrogen and oxygen atoms in total. The summed E-state index contributed by atoms with van der Waals surface area (Å²) in [5.41, 5.74) is 9.36. The molecule has 3 N–H and O–H groups in total. The SMILES string of the molecule is CCOc1ccc2c(Nc3ccc(N)cc3)ccnc2c1. The zero-order valence-electron chi connectivity index (χ0n) is 11.8. The van der Waals surface area contributed by atoms with Gasteiger partial charge in [0.25, 0.3) is 0 Å². The molecule has 0 unspecified atom stereocenters. The highest BCUT2D eigenvalue weighted by Crippen LogP contribution is 2.28. The highest BCUT2D eigenvalue weighted by atomic mass is 16.5. The molecule has 0 bridgehead atoms. The predicted molar refractivity (Wildman–Crippen MR) is 87.0 cm³/mol. The minimum absolute atomic E-state index is 0.648. The number of fused-ring (bicyclic) bond motifs is 1. The molecule has 0 aliphatic rings. The highest BCUT2D eigenvalue weighted by molar-refractivity contribution is 5.93. The molecule has 106 valence electrons. The summed E-state index contributed by atoms with van der Waals surface area (Å²) in [7, 11) is 0. The Morgan fingerprint density at radius 2 is 1.90 bits per heavy atom. The predicted octanol–water partition coefficient (Wildman–Crippen LogP) is 3.96. The normalized spacial score (nSPS) is 10.5. The first-order valence-electron chi connectivity index (χ1n) is 6.90. The van der Waals surface area contributed by atoms with Crippen molar-refractivity contribution >= 4 is 28.0 Å². The zero-order valence-corrected chi connectivity index (χ0v) is 11.8. The molecule has 1 heterocycles. The number of nitrogen functional groups attached to an aromatic ring is 1. The molecule has 0 atom stereocenters. The van der Waals surface area contributed by atoms with Crippen molar-refractivity contribution in [1.82, 2.24) is 4.98 Å². The molecule has 1 aromatic heterocycles. The summed E-state index contributed by atoms with van der Waals surface area (Å²) in [5.74, 6) is 0.835. The number of ether oxygens (including phenoxy) is 1. The van der Waals surface area contributed by atoms with E-state index in [1.165, 1.54) is 0 Å². The average Bonchev–Trinajstić information content (AvgIpc) is 2.50. The van der Waals surface area contributed by atoms with Crippen LogP contribution in [0.25, 0.3) is 10.9 Å². The van der Waals surface area contributed by atoms with Crippen molar-refractivity contribution in [2.75, 3.05) is 17.7 Å². The average molecular weight is 279 g/mol. The van der Waals surface area contributed by atoms with Gasteiger partial charge in [-0.1, -0.05) is 0 Å². The van der Waals surface area contributed by atoms with Gasteiger partial charge in [-0.15, -0.1) is 0 Å². The van der Waals surface area contributed by atoms with Crippen LogP contribution in [0.15, 0.2) is 54.7 Å². The summed E-state index contributed by atoms with van der Waals surface area (Å²) in [6.45, 7) is 2.62. The molecular formula is C17H17N3O. The molecule has 4 heteroatoms. The van der Waals surface area contributed by atoms with Crippen LogP contribution in [0.5, 0.6) is 5.75 Å². The Kier molecular flexibility index (Phi) is 3.60. The van der Waals surface area contributed by atoms with Crippen molar-refractivity contribution in [3.63, 3.8) is 0 Å². The Morgan fingerprint density at radius 1 is 1.10 bits per heavy atom. The summed E-state index contributed by atoms with van der Waals surface area (Å²) in [4.78, 5) is 4.40. The number of benzene rings is 2. The summed E-state index contributed by atoms with van der Waals surface area (Å²) in [5, 5.41) is 4.44. The molecule has 0 saturated heterocycles. The minimum atomic E-state index is 0.648. The van der Waals surface area contributed by atoms with Crippen LogP contribution in [0.2, 0.25) is 0 Å². The molecule has 3 rings (SSSR count). The summed E-state index contributed by atoms with van der Waals surface area (Å²) < 4.78 is 5.51. The molecule has 0 radical (unpaired) electrons. The standard InChI is InChI=1S/C17H17N3O/c1-2-21-14-7-8-15-16(9-10-19-17(15)11-14)20-13-5-3-12(18)4-6-13/h3-11H,2,18H2,1H3,(H,19,20). The van der Waals surface area contributed by atoms with Gasteiger partial charge in [0.05, 0.1) is 12.1 Å². The third-order valence-electron chi connectivity index (χ3n) is 3.21. The maximum atomic E-state index is 5.70. The number of aromatic nitrogens is 1. The quantitative estimate of drug-likeness (QED) is 0.710.